The largest absolute Gasteiger partial charge is 0.489 e. The summed E-state index contributed by atoms with van der Waals surface area (Å²) >= 11 is 0. The molecule has 1 aliphatic heterocycles. The number of benzene rings is 2. The van der Waals surface area contributed by atoms with E-state index in [9.17, 15) is 4.79 Å². The van der Waals surface area contributed by atoms with Crippen LogP contribution in [0.25, 0.3) is 0 Å². The first-order valence-electron chi connectivity index (χ1n) is 8.92. The van der Waals surface area contributed by atoms with Gasteiger partial charge in [-0.1, -0.05) is 42.5 Å². The fourth-order valence-corrected chi connectivity index (χ4v) is 2.67. The summed E-state index contributed by atoms with van der Waals surface area (Å²) in [6, 6.07) is 15.4. The predicted molar refractivity (Wildman–Crippen MR) is 104 cm³/mol. The van der Waals surface area contributed by atoms with Gasteiger partial charge in [-0.15, -0.1) is 0 Å². The number of carbonyl (C=O) groups is 1. The van der Waals surface area contributed by atoms with Crippen LogP contribution >= 0.6 is 0 Å². The number of hydrogen-bond donors (Lipinski definition) is 2. The van der Waals surface area contributed by atoms with Crippen LogP contribution < -0.4 is 10.1 Å². The number of likely N-dealkylation sites (N-methyl/N-ethyl adjacent to an activating group) is 1. The lowest BCUT2D eigenvalue weighted by atomic mass is 10.1. The van der Waals surface area contributed by atoms with Gasteiger partial charge in [0, 0.05) is 26.2 Å². The van der Waals surface area contributed by atoms with E-state index in [4.69, 9.17) is 9.84 Å². The van der Waals surface area contributed by atoms with E-state index in [1.165, 1.54) is 13.1 Å². The van der Waals surface area contributed by atoms with Crippen LogP contribution in [0.15, 0.2) is 48.5 Å². The highest BCUT2D eigenvalue weighted by molar-refractivity contribution is 5.70. The standard InChI is InChI=1S/C16H16O3.C5H12N2/c1-12-9-14(10-16(17)18)7-8-15(12)19-11-13-5-3-2-4-6-13;1-7-4-2-6-3-5-7/h2-9H,10-11H2,1H3,(H,17,18);6H,2-5H2,1H3. The van der Waals surface area contributed by atoms with Crippen molar-refractivity contribution in [1.82, 2.24) is 10.2 Å². The van der Waals surface area contributed by atoms with Crippen molar-refractivity contribution in [3.8, 4) is 5.75 Å². The molecule has 5 nitrogen and oxygen atoms in total. The Morgan fingerprint density at radius 3 is 2.35 bits per heavy atom. The molecule has 2 aromatic carbocycles. The van der Waals surface area contributed by atoms with Crippen molar-refractivity contribution >= 4 is 5.97 Å². The SMILES string of the molecule is CN1CCNCC1.Cc1cc(CC(=O)O)ccc1OCc1ccccc1. The Labute approximate surface area is 155 Å². The Kier molecular flexibility index (Phi) is 8.12. The molecule has 0 aromatic heterocycles. The van der Waals surface area contributed by atoms with Gasteiger partial charge in [-0.05, 0) is 36.7 Å². The zero-order chi connectivity index (χ0) is 18.8. The molecule has 0 aliphatic carbocycles. The van der Waals surface area contributed by atoms with Crippen molar-refractivity contribution in [2.45, 2.75) is 20.0 Å². The van der Waals surface area contributed by atoms with E-state index in [0.717, 1.165) is 35.5 Å². The fraction of sp³-hybridized carbons (Fsp3) is 0.381. The van der Waals surface area contributed by atoms with Gasteiger partial charge in [0.2, 0.25) is 0 Å². The van der Waals surface area contributed by atoms with E-state index in [-0.39, 0.29) is 6.42 Å². The first-order valence-corrected chi connectivity index (χ1v) is 8.92. The quantitative estimate of drug-likeness (QED) is 0.863. The van der Waals surface area contributed by atoms with Gasteiger partial charge in [-0.2, -0.15) is 0 Å². The number of aliphatic carboxylic acids is 1. The van der Waals surface area contributed by atoms with Crippen molar-refractivity contribution in [2.24, 2.45) is 0 Å². The summed E-state index contributed by atoms with van der Waals surface area (Å²) in [5.41, 5.74) is 2.85. The van der Waals surface area contributed by atoms with Crippen molar-refractivity contribution in [3.05, 3.63) is 65.2 Å². The minimum atomic E-state index is -0.822. The van der Waals surface area contributed by atoms with Gasteiger partial charge in [-0.3, -0.25) is 4.79 Å². The third-order valence-corrected chi connectivity index (χ3v) is 4.17. The summed E-state index contributed by atoms with van der Waals surface area (Å²) in [6.45, 7) is 7.18. The van der Waals surface area contributed by atoms with Crippen molar-refractivity contribution < 1.29 is 14.6 Å². The molecular formula is C21H28N2O3. The molecule has 0 atom stereocenters. The number of rotatable bonds is 5. The van der Waals surface area contributed by atoms with Gasteiger partial charge in [-0.25, -0.2) is 0 Å². The normalized spacial score (nSPS) is 14.2. The summed E-state index contributed by atoms with van der Waals surface area (Å²) in [5.74, 6) is -0.0321. The molecule has 0 saturated carbocycles. The maximum atomic E-state index is 10.6. The Balaban J connectivity index is 0.000000290. The second-order valence-corrected chi connectivity index (χ2v) is 6.50. The van der Waals surface area contributed by atoms with E-state index in [2.05, 4.69) is 17.3 Å². The number of hydrogen-bond acceptors (Lipinski definition) is 4. The van der Waals surface area contributed by atoms with Crippen LogP contribution in [0.3, 0.4) is 0 Å². The van der Waals surface area contributed by atoms with Gasteiger partial charge >= 0.3 is 5.97 Å². The number of nitrogens with one attached hydrogen (secondary N) is 1. The second-order valence-electron chi connectivity index (χ2n) is 6.50. The van der Waals surface area contributed by atoms with E-state index in [0.29, 0.717) is 6.61 Å². The van der Waals surface area contributed by atoms with Gasteiger partial charge in [0.1, 0.15) is 12.4 Å². The molecule has 0 bridgehead atoms. The predicted octanol–water partition coefficient (Wildman–Crippen LogP) is 2.72. The molecule has 1 fully saturated rings. The van der Waals surface area contributed by atoms with Crippen LogP contribution in [0.4, 0.5) is 0 Å². The highest BCUT2D eigenvalue weighted by atomic mass is 16.5. The molecule has 140 valence electrons. The summed E-state index contributed by atoms with van der Waals surface area (Å²) < 4.78 is 5.74. The maximum Gasteiger partial charge on any atom is 0.307 e. The Morgan fingerprint density at radius 2 is 1.81 bits per heavy atom. The molecule has 5 heteroatoms. The maximum absolute atomic E-state index is 10.6. The van der Waals surface area contributed by atoms with Gasteiger partial charge in [0.05, 0.1) is 6.42 Å². The zero-order valence-electron chi connectivity index (χ0n) is 15.6. The topological polar surface area (TPSA) is 61.8 Å². The number of nitrogens with zero attached hydrogens (tertiary/aromatic N) is 1. The lowest BCUT2D eigenvalue weighted by molar-refractivity contribution is -0.136. The van der Waals surface area contributed by atoms with E-state index in [1.54, 1.807) is 6.07 Å². The zero-order valence-corrected chi connectivity index (χ0v) is 15.6. The van der Waals surface area contributed by atoms with Crippen LogP contribution in [0, 0.1) is 6.92 Å². The number of carboxylic acid groups (broad SMARTS) is 1. The second kappa shape index (κ2) is 10.6. The van der Waals surface area contributed by atoms with E-state index < -0.39 is 5.97 Å². The van der Waals surface area contributed by atoms with Gasteiger partial charge in [0.25, 0.3) is 0 Å². The van der Waals surface area contributed by atoms with Crippen LogP contribution in [-0.4, -0.2) is 49.2 Å². The highest BCUT2D eigenvalue weighted by Crippen LogP contribution is 2.20. The summed E-state index contributed by atoms with van der Waals surface area (Å²) in [5, 5.41) is 12.0. The summed E-state index contributed by atoms with van der Waals surface area (Å²) in [4.78, 5) is 13.0. The molecule has 2 aromatic rings. The third kappa shape index (κ3) is 7.25. The fourth-order valence-electron chi connectivity index (χ4n) is 2.67. The molecule has 1 heterocycles. The number of piperazine rings is 1. The lowest BCUT2D eigenvalue weighted by Gasteiger charge is -2.21. The Morgan fingerprint density at radius 1 is 1.12 bits per heavy atom. The molecular weight excluding hydrogens is 328 g/mol. The monoisotopic (exact) mass is 356 g/mol. The first kappa shape index (κ1) is 19.9. The Hall–Kier alpha value is -2.37. The molecule has 26 heavy (non-hydrogen) atoms. The minimum absolute atomic E-state index is 0.0415. The molecule has 1 aliphatic rings. The van der Waals surface area contributed by atoms with Crippen molar-refractivity contribution in [2.75, 3.05) is 33.2 Å². The molecule has 3 rings (SSSR count). The van der Waals surface area contributed by atoms with Crippen LogP contribution in [0.1, 0.15) is 16.7 Å². The molecule has 0 radical (unpaired) electrons. The lowest BCUT2D eigenvalue weighted by Crippen LogP contribution is -2.40. The molecule has 0 spiro atoms. The highest BCUT2D eigenvalue weighted by Gasteiger charge is 2.05. The summed E-state index contributed by atoms with van der Waals surface area (Å²) in [6.07, 6.45) is 0.0415. The van der Waals surface area contributed by atoms with Crippen LogP contribution in [-0.2, 0) is 17.8 Å². The average Bonchev–Trinajstić information content (AvgIpc) is 2.63. The van der Waals surface area contributed by atoms with E-state index >= 15 is 0 Å². The number of aryl methyl sites for hydroxylation is 1. The average molecular weight is 356 g/mol. The van der Waals surface area contributed by atoms with Crippen molar-refractivity contribution in [1.29, 1.82) is 0 Å². The molecule has 0 unspecified atom stereocenters. The van der Waals surface area contributed by atoms with E-state index in [1.807, 2.05) is 49.4 Å². The smallest absolute Gasteiger partial charge is 0.307 e. The van der Waals surface area contributed by atoms with Gasteiger partial charge < -0.3 is 20.1 Å². The Bertz CT molecular complexity index is 683. The molecule has 0 amide bonds. The molecule has 2 N–H and O–H groups in total. The number of carboxylic acids is 1. The summed E-state index contributed by atoms with van der Waals surface area (Å²) in [7, 11) is 2.15. The van der Waals surface area contributed by atoms with Crippen molar-refractivity contribution in [3.63, 3.8) is 0 Å². The van der Waals surface area contributed by atoms with Gasteiger partial charge in [0.15, 0.2) is 0 Å². The number of ether oxygens (including phenoxy) is 1. The van der Waals surface area contributed by atoms with Crippen LogP contribution in [0.2, 0.25) is 0 Å². The van der Waals surface area contributed by atoms with Crippen LogP contribution in [0.5, 0.6) is 5.75 Å². The first-order chi connectivity index (χ1) is 12.5. The third-order valence-electron chi connectivity index (χ3n) is 4.17. The minimum Gasteiger partial charge on any atom is -0.489 e. The molecule has 1 saturated heterocycles.